The number of benzene rings is 2. The van der Waals surface area contributed by atoms with Crippen LogP contribution in [0.2, 0.25) is 0 Å². The summed E-state index contributed by atoms with van der Waals surface area (Å²) in [6.07, 6.45) is 2.83. The number of amides is 1. The monoisotopic (exact) mass is 364 g/mol. The highest BCUT2D eigenvalue weighted by molar-refractivity contribution is 6.04. The van der Waals surface area contributed by atoms with Crippen LogP contribution in [0.15, 0.2) is 60.9 Å². The SMILES string of the molecule is CC(=O)c1ccc(NC(=O)c2cnc(NCc3ccc(F)cc3)nc2)cc1. The average molecular weight is 364 g/mol. The molecule has 136 valence electrons. The van der Waals surface area contributed by atoms with E-state index in [-0.39, 0.29) is 17.5 Å². The third kappa shape index (κ3) is 4.94. The highest BCUT2D eigenvalue weighted by Crippen LogP contribution is 2.12. The predicted molar refractivity (Wildman–Crippen MR) is 100 cm³/mol. The summed E-state index contributed by atoms with van der Waals surface area (Å²) in [5, 5.41) is 5.73. The number of ketones is 1. The van der Waals surface area contributed by atoms with Crippen molar-refractivity contribution < 1.29 is 14.0 Å². The van der Waals surface area contributed by atoms with Crippen molar-refractivity contribution in [2.45, 2.75) is 13.5 Å². The number of carbonyl (C=O) groups excluding carboxylic acids is 2. The Labute approximate surface area is 155 Å². The van der Waals surface area contributed by atoms with Crippen LogP contribution in [0.3, 0.4) is 0 Å². The predicted octanol–water partition coefficient (Wildman–Crippen LogP) is 3.68. The lowest BCUT2D eigenvalue weighted by molar-refractivity contribution is 0.101. The van der Waals surface area contributed by atoms with E-state index in [1.54, 1.807) is 36.4 Å². The fourth-order valence-corrected chi connectivity index (χ4v) is 2.31. The largest absolute Gasteiger partial charge is 0.350 e. The zero-order valence-electron chi connectivity index (χ0n) is 14.6. The first-order valence-corrected chi connectivity index (χ1v) is 8.24. The van der Waals surface area contributed by atoms with E-state index in [4.69, 9.17) is 0 Å². The molecule has 6 nitrogen and oxygen atoms in total. The second-order valence-electron chi connectivity index (χ2n) is 5.86. The maximum Gasteiger partial charge on any atom is 0.258 e. The van der Waals surface area contributed by atoms with Crippen LogP contribution in [0.1, 0.15) is 33.2 Å². The maximum absolute atomic E-state index is 12.9. The summed E-state index contributed by atoms with van der Waals surface area (Å²) in [4.78, 5) is 31.7. The highest BCUT2D eigenvalue weighted by atomic mass is 19.1. The third-order valence-electron chi connectivity index (χ3n) is 3.83. The molecule has 0 aliphatic rings. The van der Waals surface area contributed by atoms with Crippen molar-refractivity contribution in [2.24, 2.45) is 0 Å². The molecule has 1 aromatic heterocycles. The van der Waals surface area contributed by atoms with E-state index in [2.05, 4.69) is 20.6 Å². The number of nitrogens with zero attached hydrogens (tertiary/aromatic N) is 2. The number of Topliss-reactive ketones (excluding diaryl/α,β-unsaturated/α-hetero) is 1. The first-order chi connectivity index (χ1) is 13.0. The van der Waals surface area contributed by atoms with Gasteiger partial charge in [-0.1, -0.05) is 12.1 Å². The molecule has 3 rings (SSSR count). The minimum absolute atomic E-state index is 0.0370. The van der Waals surface area contributed by atoms with Gasteiger partial charge in [0.05, 0.1) is 5.56 Å². The van der Waals surface area contributed by atoms with Crippen LogP contribution in [0.5, 0.6) is 0 Å². The molecule has 2 aromatic carbocycles. The molecule has 0 bridgehead atoms. The van der Waals surface area contributed by atoms with Gasteiger partial charge in [-0.15, -0.1) is 0 Å². The Hall–Kier alpha value is -3.61. The molecular formula is C20H17FN4O2. The van der Waals surface area contributed by atoms with Crippen LogP contribution in [-0.2, 0) is 6.54 Å². The fourth-order valence-electron chi connectivity index (χ4n) is 2.31. The van der Waals surface area contributed by atoms with E-state index in [1.165, 1.54) is 31.5 Å². The standard InChI is InChI=1S/C20H17FN4O2/c1-13(26)15-4-8-18(9-5-15)25-19(27)16-11-23-20(24-12-16)22-10-14-2-6-17(21)7-3-14/h2-9,11-12H,10H2,1H3,(H,25,27)(H,22,23,24). The summed E-state index contributed by atoms with van der Waals surface area (Å²) in [6, 6.07) is 12.7. The Bertz CT molecular complexity index is 939. The van der Waals surface area contributed by atoms with Crippen molar-refractivity contribution >= 4 is 23.3 Å². The molecule has 3 aromatic rings. The molecule has 0 spiro atoms. The number of carbonyl (C=O) groups is 2. The zero-order chi connectivity index (χ0) is 19.2. The molecule has 0 aliphatic carbocycles. The molecule has 0 atom stereocenters. The number of anilines is 2. The molecule has 0 saturated carbocycles. The minimum atomic E-state index is -0.351. The van der Waals surface area contributed by atoms with Crippen molar-refractivity contribution in [3.63, 3.8) is 0 Å². The van der Waals surface area contributed by atoms with Crippen molar-refractivity contribution in [3.05, 3.63) is 83.4 Å². The molecule has 1 amide bonds. The van der Waals surface area contributed by atoms with E-state index < -0.39 is 0 Å². The Morgan fingerprint density at radius 3 is 2.15 bits per heavy atom. The number of nitrogens with one attached hydrogen (secondary N) is 2. The van der Waals surface area contributed by atoms with Gasteiger partial charge in [0.1, 0.15) is 5.82 Å². The molecule has 0 saturated heterocycles. The van der Waals surface area contributed by atoms with Gasteiger partial charge in [-0.05, 0) is 48.9 Å². The summed E-state index contributed by atoms with van der Waals surface area (Å²) >= 11 is 0. The van der Waals surface area contributed by atoms with Crippen molar-refractivity contribution in [3.8, 4) is 0 Å². The first kappa shape index (κ1) is 18.2. The maximum atomic E-state index is 12.9. The fraction of sp³-hybridized carbons (Fsp3) is 0.100. The van der Waals surface area contributed by atoms with Gasteiger partial charge in [0, 0.05) is 30.2 Å². The first-order valence-electron chi connectivity index (χ1n) is 8.24. The average Bonchev–Trinajstić information content (AvgIpc) is 2.68. The molecule has 0 unspecified atom stereocenters. The van der Waals surface area contributed by atoms with Crippen LogP contribution < -0.4 is 10.6 Å². The lowest BCUT2D eigenvalue weighted by Gasteiger charge is -2.07. The number of halogens is 1. The molecule has 1 heterocycles. The summed E-state index contributed by atoms with van der Waals surface area (Å²) in [5.41, 5.74) is 2.34. The van der Waals surface area contributed by atoms with Crippen LogP contribution >= 0.6 is 0 Å². The number of rotatable bonds is 6. The highest BCUT2D eigenvalue weighted by Gasteiger charge is 2.08. The Morgan fingerprint density at radius 1 is 0.926 bits per heavy atom. The summed E-state index contributed by atoms with van der Waals surface area (Å²) in [5.74, 6) is -0.316. The zero-order valence-corrected chi connectivity index (χ0v) is 14.6. The van der Waals surface area contributed by atoms with Crippen LogP contribution in [0.25, 0.3) is 0 Å². The number of aromatic nitrogens is 2. The second-order valence-corrected chi connectivity index (χ2v) is 5.86. The topological polar surface area (TPSA) is 84.0 Å². The van der Waals surface area contributed by atoms with Gasteiger partial charge in [0.25, 0.3) is 5.91 Å². The molecular weight excluding hydrogens is 347 g/mol. The third-order valence-corrected chi connectivity index (χ3v) is 3.83. The molecule has 7 heteroatoms. The molecule has 2 N–H and O–H groups in total. The van der Waals surface area contributed by atoms with Gasteiger partial charge in [-0.2, -0.15) is 0 Å². The Kier molecular flexibility index (Phi) is 5.51. The minimum Gasteiger partial charge on any atom is -0.350 e. The van der Waals surface area contributed by atoms with Crippen molar-refractivity contribution in [1.29, 1.82) is 0 Å². The van der Waals surface area contributed by atoms with E-state index in [0.717, 1.165) is 5.56 Å². The second kappa shape index (κ2) is 8.18. The van der Waals surface area contributed by atoms with Crippen molar-refractivity contribution in [2.75, 3.05) is 10.6 Å². The molecule has 27 heavy (non-hydrogen) atoms. The summed E-state index contributed by atoms with van der Waals surface area (Å²) in [6.45, 7) is 1.92. The molecule has 0 fully saturated rings. The quantitative estimate of drug-likeness (QED) is 0.652. The normalized spacial score (nSPS) is 10.3. The van der Waals surface area contributed by atoms with Gasteiger partial charge in [-0.3, -0.25) is 9.59 Å². The lowest BCUT2D eigenvalue weighted by Crippen LogP contribution is -2.13. The molecule has 0 aliphatic heterocycles. The van der Waals surface area contributed by atoms with E-state index in [1.807, 2.05) is 0 Å². The smallest absolute Gasteiger partial charge is 0.258 e. The van der Waals surface area contributed by atoms with Gasteiger partial charge >= 0.3 is 0 Å². The Morgan fingerprint density at radius 2 is 1.56 bits per heavy atom. The summed E-state index contributed by atoms with van der Waals surface area (Å²) in [7, 11) is 0. The van der Waals surface area contributed by atoms with Gasteiger partial charge in [0.15, 0.2) is 5.78 Å². The number of hydrogen-bond acceptors (Lipinski definition) is 5. The van der Waals surface area contributed by atoms with E-state index >= 15 is 0 Å². The van der Waals surface area contributed by atoms with Crippen LogP contribution in [0.4, 0.5) is 16.0 Å². The van der Waals surface area contributed by atoms with Gasteiger partial charge < -0.3 is 10.6 Å². The van der Waals surface area contributed by atoms with Crippen LogP contribution in [0, 0.1) is 5.82 Å². The molecule has 0 radical (unpaired) electrons. The van der Waals surface area contributed by atoms with Gasteiger partial charge in [0.2, 0.25) is 5.95 Å². The van der Waals surface area contributed by atoms with Crippen LogP contribution in [-0.4, -0.2) is 21.7 Å². The van der Waals surface area contributed by atoms with E-state index in [9.17, 15) is 14.0 Å². The van der Waals surface area contributed by atoms with Crippen molar-refractivity contribution in [1.82, 2.24) is 9.97 Å². The number of hydrogen-bond donors (Lipinski definition) is 2. The summed E-state index contributed by atoms with van der Waals surface area (Å²) < 4.78 is 12.9. The Balaban J connectivity index is 1.58. The lowest BCUT2D eigenvalue weighted by atomic mass is 10.1. The van der Waals surface area contributed by atoms with E-state index in [0.29, 0.717) is 29.3 Å². The van der Waals surface area contributed by atoms with Gasteiger partial charge in [-0.25, -0.2) is 14.4 Å².